The van der Waals surface area contributed by atoms with Gasteiger partial charge >= 0.3 is 0 Å². The normalized spacial score (nSPS) is 9.20. The molecular formula is C29H47N. The number of rotatable bonds is 4. The molecule has 0 bridgehead atoms. The maximum absolute atomic E-state index is 4.43. The number of fused-ring (bicyclic) bond motifs is 1. The number of aromatic nitrogens is 1. The molecule has 168 valence electrons. The second-order valence-corrected chi connectivity index (χ2v) is 7.17. The average Bonchev–Trinajstić information content (AvgIpc) is 2.79. The van der Waals surface area contributed by atoms with Crippen LogP contribution >= 0.6 is 0 Å². The minimum Gasteiger partial charge on any atom is -0.256 e. The maximum Gasteiger partial charge on any atom is 0.0733 e. The summed E-state index contributed by atoms with van der Waals surface area (Å²) < 4.78 is 0. The van der Waals surface area contributed by atoms with Gasteiger partial charge in [-0.1, -0.05) is 124 Å². The van der Waals surface area contributed by atoms with E-state index in [1.54, 1.807) is 0 Å². The first kappa shape index (κ1) is 30.0. The minimum absolute atomic E-state index is 0.683. The molecule has 0 unspecified atom stereocenters. The van der Waals surface area contributed by atoms with Gasteiger partial charge in [0.1, 0.15) is 0 Å². The fourth-order valence-corrected chi connectivity index (χ4v) is 2.86. The van der Waals surface area contributed by atoms with Crippen molar-refractivity contribution in [2.45, 2.75) is 82.1 Å². The zero-order valence-corrected chi connectivity index (χ0v) is 21.4. The molecule has 0 aliphatic carbocycles. The van der Waals surface area contributed by atoms with Crippen LogP contribution in [0.5, 0.6) is 0 Å². The molecule has 0 atom stereocenters. The molecule has 0 amide bonds. The highest BCUT2D eigenvalue weighted by atomic mass is 14.6. The van der Waals surface area contributed by atoms with E-state index in [4.69, 9.17) is 0 Å². The molecule has 0 fully saturated rings. The Morgan fingerprint density at radius 3 is 1.67 bits per heavy atom. The van der Waals surface area contributed by atoms with Gasteiger partial charge < -0.3 is 0 Å². The third kappa shape index (κ3) is 13.1. The summed E-state index contributed by atoms with van der Waals surface area (Å²) in [6, 6.07) is 21.1. The van der Waals surface area contributed by atoms with Crippen molar-refractivity contribution in [3.05, 3.63) is 78.0 Å². The topological polar surface area (TPSA) is 12.9 Å². The molecule has 0 saturated heterocycles. The molecule has 1 aromatic heterocycles. The van der Waals surface area contributed by atoms with E-state index < -0.39 is 0 Å². The number of para-hydroxylation sites is 1. The van der Waals surface area contributed by atoms with Gasteiger partial charge in [-0.25, -0.2) is 0 Å². The van der Waals surface area contributed by atoms with E-state index in [9.17, 15) is 0 Å². The molecule has 1 heterocycles. The molecule has 0 radical (unpaired) electrons. The molecule has 1 heteroatoms. The van der Waals surface area contributed by atoms with Crippen LogP contribution < -0.4 is 0 Å². The smallest absolute Gasteiger partial charge is 0.0733 e. The van der Waals surface area contributed by atoms with E-state index >= 15 is 0 Å². The molecule has 0 spiro atoms. The maximum atomic E-state index is 4.43. The van der Waals surface area contributed by atoms with Crippen LogP contribution in [0.1, 0.15) is 80.4 Å². The first-order valence-corrected chi connectivity index (χ1v) is 11.9. The summed E-state index contributed by atoms with van der Waals surface area (Å²) in [6.07, 6.45) is 4.17. The lowest BCUT2D eigenvalue weighted by Crippen LogP contribution is -1.95. The summed E-state index contributed by atoms with van der Waals surface area (Å²) in [5, 5.41) is 1.24. The van der Waals surface area contributed by atoms with Gasteiger partial charge in [0.2, 0.25) is 0 Å². The predicted molar refractivity (Wildman–Crippen MR) is 139 cm³/mol. The molecule has 30 heavy (non-hydrogen) atoms. The zero-order chi connectivity index (χ0) is 23.4. The molecule has 0 aliphatic heterocycles. The molecule has 2 aromatic carbocycles. The second kappa shape index (κ2) is 20.1. The van der Waals surface area contributed by atoms with E-state index in [0.29, 0.717) is 5.92 Å². The lowest BCUT2D eigenvalue weighted by Gasteiger charge is -2.07. The van der Waals surface area contributed by atoms with E-state index in [0.717, 1.165) is 17.9 Å². The van der Waals surface area contributed by atoms with Crippen molar-refractivity contribution in [3.63, 3.8) is 0 Å². The van der Waals surface area contributed by atoms with E-state index in [1.165, 1.54) is 22.9 Å². The monoisotopic (exact) mass is 409 g/mol. The highest BCUT2D eigenvalue weighted by Crippen LogP contribution is 2.18. The largest absolute Gasteiger partial charge is 0.256 e. The van der Waals surface area contributed by atoms with Crippen molar-refractivity contribution in [1.29, 1.82) is 0 Å². The van der Waals surface area contributed by atoms with Crippen LogP contribution in [0.3, 0.4) is 0 Å². The Labute approximate surface area is 188 Å². The van der Waals surface area contributed by atoms with Gasteiger partial charge in [0.25, 0.3) is 0 Å². The van der Waals surface area contributed by atoms with Gasteiger partial charge in [-0.2, -0.15) is 0 Å². The summed E-state index contributed by atoms with van der Waals surface area (Å²) in [4.78, 5) is 4.43. The van der Waals surface area contributed by atoms with Crippen LogP contribution in [0.2, 0.25) is 0 Å². The van der Waals surface area contributed by atoms with E-state index in [1.807, 2.05) is 53.8 Å². The SMILES string of the molecule is CC.CC.CC.CC(C)Cc1cccc2cccnc12.CC(C)Cc1ccccc1. The van der Waals surface area contributed by atoms with Crippen LogP contribution in [0.25, 0.3) is 10.9 Å². The quantitative estimate of drug-likeness (QED) is 0.418. The molecule has 1 nitrogen and oxygen atoms in total. The third-order valence-corrected chi connectivity index (χ3v) is 3.83. The Hall–Kier alpha value is -2.15. The highest BCUT2D eigenvalue weighted by molar-refractivity contribution is 5.81. The summed E-state index contributed by atoms with van der Waals surface area (Å²) in [7, 11) is 0. The number of hydrogen-bond acceptors (Lipinski definition) is 1. The van der Waals surface area contributed by atoms with Crippen molar-refractivity contribution in [1.82, 2.24) is 4.98 Å². The van der Waals surface area contributed by atoms with Crippen molar-refractivity contribution < 1.29 is 0 Å². The second-order valence-electron chi connectivity index (χ2n) is 7.17. The fourth-order valence-electron chi connectivity index (χ4n) is 2.86. The van der Waals surface area contributed by atoms with Crippen LogP contribution in [-0.4, -0.2) is 4.98 Å². The number of pyridine rings is 1. The van der Waals surface area contributed by atoms with Crippen molar-refractivity contribution in [2.24, 2.45) is 11.8 Å². The van der Waals surface area contributed by atoms with Crippen molar-refractivity contribution >= 4 is 10.9 Å². The Morgan fingerprint density at radius 1 is 0.600 bits per heavy atom. The van der Waals surface area contributed by atoms with Gasteiger partial charge in [0, 0.05) is 11.6 Å². The summed E-state index contributed by atoms with van der Waals surface area (Å²) in [5.41, 5.74) is 3.96. The molecular weight excluding hydrogens is 362 g/mol. The average molecular weight is 410 g/mol. The van der Waals surface area contributed by atoms with E-state index in [-0.39, 0.29) is 0 Å². The summed E-state index contributed by atoms with van der Waals surface area (Å²) in [5.74, 6) is 1.45. The molecule has 0 aliphatic rings. The number of benzene rings is 2. The van der Waals surface area contributed by atoms with Crippen LogP contribution in [0.4, 0.5) is 0 Å². The first-order chi connectivity index (χ1) is 14.6. The Morgan fingerprint density at radius 2 is 1.13 bits per heavy atom. The third-order valence-electron chi connectivity index (χ3n) is 3.83. The standard InChI is InChI=1S/C13H15N.C10H14.3C2H6/c1-10(2)9-12-6-3-5-11-7-4-8-14-13(11)12;1-9(2)8-10-6-4-3-5-7-10;3*1-2/h3-8,10H,9H2,1-2H3;3-7,9H,8H2,1-2H3;3*1-2H3. The summed E-state index contributed by atoms with van der Waals surface area (Å²) in [6.45, 7) is 21.0. The Kier molecular flexibility index (Phi) is 20.2. The van der Waals surface area contributed by atoms with Gasteiger partial charge in [0.15, 0.2) is 0 Å². The van der Waals surface area contributed by atoms with Crippen LogP contribution in [-0.2, 0) is 12.8 Å². The van der Waals surface area contributed by atoms with Crippen LogP contribution in [0, 0.1) is 11.8 Å². The predicted octanol–water partition coefficient (Wildman–Crippen LogP) is 9.40. The Bertz CT molecular complexity index is 724. The van der Waals surface area contributed by atoms with Gasteiger partial charge in [-0.3, -0.25) is 4.98 Å². The van der Waals surface area contributed by atoms with E-state index in [2.05, 4.69) is 87.3 Å². The summed E-state index contributed by atoms with van der Waals surface area (Å²) >= 11 is 0. The first-order valence-electron chi connectivity index (χ1n) is 11.9. The number of nitrogens with zero attached hydrogens (tertiary/aromatic N) is 1. The lowest BCUT2D eigenvalue weighted by molar-refractivity contribution is 0.647. The highest BCUT2D eigenvalue weighted by Gasteiger charge is 2.03. The lowest BCUT2D eigenvalue weighted by atomic mass is 10.0. The minimum atomic E-state index is 0.683. The van der Waals surface area contributed by atoms with Gasteiger partial charge in [0.05, 0.1) is 5.52 Å². The fraction of sp³-hybridized carbons (Fsp3) is 0.483. The molecule has 0 N–H and O–H groups in total. The van der Waals surface area contributed by atoms with Crippen molar-refractivity contribution in [2.75, 3.05) is 0 Å². The number of hydrogen-bond donors (Lipinski definition) is 0. The zero-order valence-electron chi connectivity index (χ0n) is 21.4. The van der Waals surface area contributed by atoms with Gasteiger partial charge in [-0.15, -0.1) is 0 Å². The van der Waals surface area contributed by atoms with Crippen LogP contribution in [0.15, 0.2) is 66.9 Å². The molecule has 3 aromatic rings. The molecule has 3 rings (SSSR count). The molecule has 0 saturated carbocycles. The van der Waals surface area contributed by atoms with Gasteiger partial charge in [-0.05, 0) is 41.9 Å². The van der Waals surface area contributed by atoms with Crippen molar-refractivity contribution in [3.8, 4) is 0 Å². The Balaban J connectivity index is 0.